The van der Waals surface area contributed by atoms with Gasteiger partial charge in [-0.05, 0) is 77.0 Å². The van der Waals surface area contributed by atoms with E-state index in [0.29, 0.717) is 0 Å². The van der Waals surface area contributed by atoms with Crippen LogP contribution >= 0.6 is 0 Å². The smallest absolute Gasteiger partial charge is 0.135 e. The zero-order valence-corrected chi connectivity index (χ0v) is 26.6. The number of aromatic nitrogens is 1. The molecule has 0 amide bonds. The molecule has 230 valence electrons. The second kappa shape index (κ2) is 11.0. The third-order valence-corrected chi connectivity index (χ3v) is 9.76. The Balaban J connectivity index is 1.29. The van der Waals surface area contributed by atoms with Gasteiger partial charge in [-0.2, -0.15) is 0 Å². The molecule has 0 atom stereocenters. The van der Waals surface area contributed by atoms with Crippen molar-refractivity contribution in [2.24, 2.45) is 0 Å². The van der Waals surface area contributed by atoms with Gasteiger partial charge in [-0.3, -0.25) is 0 Å². The average molecular weight is 627 g/mol. The van der Waals surface area contributed by atoms with Crippen molar-refractivity contribution in [1.82, 2.24) is 4.57 Å². The highest BCUT2D eigenvalue weighted by atomic mass is 16.3. The number of furan rings is 1. The summed E-state index contributed by atoms with van der Waals surface area (Å²) in [6.07, 6.45) is 0. The second-order valence-electron chi connectivity index (χ2n) is 12.6. The summed E-state index contributed by atoms with van der Waals surface area (Å²) in [6.45, 7) is 0. The molecule has 2 aromatic heterocycles. The largest absolute Gasteiger partial charge is 0.456 e. The summed E-state index contributed by atoms with van der Waals surface area (Å²) in [6, 6.07) is 65.0. The van der Waals surface area contributed by atoms with Gasteiger partial charge in [0.1, 0.15) is 11.2 Å². The van der Waals surface area contributed by atoms with Crippen LogP contribution in [-0.4, -0.2) is 4.57 Å². The molecule has 10 rings (SSSR count). The molecular formula is C46H30N2O. The van der Waals surface area contributed by atoms with E-state index < -0.39 is 0 Å². The molecule has 0 fully saturated rings. The number of rotatable bonds is 5. The highest BCUT2D eigenvalue weighted by Crippen LogP contribution is 2.45. The molecule has 10 aromatic rings. The minimum Gasteiger partial charge on any atom is -0.456 e. The number of anilines is 3. The lowest BCUT2D eigenvalue weighted by Gasteiger charge is -2.28. The number of nitrogens with zero attached hydrogens (tertiary/aromatic N) is 2. The van der Waals surface area contributed by atoms with Crippen molar-refractivity contribution >= 4 is 71.6 Å². The molecule has 0 aliphatic carbocycles. The number of fused-ring (bicyclic) bond motifs is 8. The highest BCUT2D eigenvalue weighted by Gasteiger charge is 2.21. The minimum atomic E-state index is 0.882. The van der Waals surface area contributed by atoms with Crippen molar-refractivity contribution in [3.8, 4) is 16.8 Å². The molecule has 0 unspecified atom stereocenters. The lowest BCUT2D eigenvalue weighted by molar-refractivity contribution is 0.669. The van der Waals surface area contributed by atoms with Gasteiger partial charge in [0.15, 0.2) is 0 Å². The molecule has 0 spiro atoms. The SMILES string of the molecule is c1ccc(-c2ccccc2N(c2ccc3oc4ccccc4c3c2)c2ccc3c4c5ccccc5ccc4n(-c4ccccc4)c3c2)cc1. The van der Waals surface area contributed by atoms with Crippen LogP contribution in [0.3, 0.4) is 0 Å². The van der Waals surface area contributed by atoms with Gasteiger partial charge >= 0.3 is 0 Å². The molecule has 0 bridgehead atoms. The molecule has 0 saturated heterocycles. The lowest BCUT2D eigenvalue weighted by Crippen LogP contribution is -2.11. The Labute approximate surface area is 283 Å². The maximum absolute atomic E-state index is 6.26. The van der Waals surface area contributed by atoms with Crippen LogP contribution in [0.2, 0.25) is 0 Å². The number of benzene rings is 8. The molecule has 8 aromatic carbocycles. The van der Waals surface area contributed by atoms with E-state index in [2.05, 4.69) is 179 Å². The van der Waals surface area contributed by atoms with Gasteiger partial charge in [-0.15, -0.1) is 0 Å². The highest BCUT2D eigenvalue weighted by molar-refractivity contribution is 6.22. The monoisotopic (exact) mass is 626 g/mol. The van der Waals surface area contributed by atoms with E-state index >= 15 is 0 Å². The zero-order valence-electron chi connectivity index (χ0n) is 26.6. The van der Waals surface area contributed by atoms with Crippen LogP contribution < -0.4 is 4.90 Å². The summed E-state index contributed by atoms with van der Waals surface area (Å²) in [4.78, 5) is 2.40. The second-order valence-corrected chi connectivity index (χ2v) is 12.6. The fourth-order valence-electron chi connectivity index (χ4n) is 7.58. The van der Waals surface area contributed by atoms with Crippen LogP contribution in [-0.2, 0) is 0 Å². The molecular weight excluding hydrogens is 597 g/mol. The quantitative estimate of drug-likeness (QED) is 0.190. The normalized spacial score (nSPS) is 11.7. The third-order valence-electron chi connectivity index (χ3n) is 9.76. The summed E-state index contributed by atoms with van der Waals surface area (Å²) < 4.78 is 8.67. The Morgan fingerprint density at radius 3 is 1.98 bits per heavy atom. The number of hydrogen-bond acceptors (Lipinski definition) is 2. The van der Waals surface area contributed by atoms with Crippen LogP contribution in [0.15, 0.2) is 186 Å². The van der Waals surface area contributed by atoms with E-state index in [1.54, 1.807) is 0 Å². The van der Waals surface area contributed by atoms with Crippen LogP contribution in [0, 0.1) is 0 Å². The van der Waals surface area contributed by atoms with Crippen LogP contribution in [0.5, 0.6) is 0 Å². The van der Waals surface area contributed by atoms with Crippen LogP contribution in [0.25, 0.3) is 71.3 Å². The van der Waals surface area contributed by atoms with Crippen molar-refractivity contribution in [2.45, 2.75) is 0 Å². The lowest BCUT2D eigenvalue weighted by atomic mass is 10.0. The van der Waals surface area contributed by atoms with Crippen molar-refractivity contribution in [3.05, 3.63) is 182 Å². The van der Waals surface area contributed by atoms with Gasteiger partial charge in [0.2, 0.25) is 0 Å². The van der Waals surface area contributed by atoms with E-state index in [4.69, 9.17) is 4.42 Å². The first kappa shape index (κ1) is 27.5. The molecule has 0 radical (unpaired) electrons. The maximum atomic E-state index is 6.26. The summed E-state index contributed by atoms with van der Waals surface area (Å²) in [5, 5.41) is 7.21. The molecule has 0 aliphatic heterocycles. The van der Waals surface area contributed by atoms with Crippen molar-refractivity contribution < 1.29 is 4.42 Å². The molecule has 0 saturated carbocycles. The predicted molar refractivity (Wildman–Crippen MR) is 206 cm³/mol. The van der Waals surface area contributed by atoms with Gasteiger partial charge in [0.25, 0.3) is 0 Å². The predicted octanol–water partition coefficient (Wildman–Crippen LogP) is 13.0. The van der Waals surface area contributed by atoms with E-state index in [0.717, 1.165) is 55.8 Å². The van der Waals surface area contributed by atoms with Gasteiger partial charge in [0, 0.05) is 44.2 Å². The first-order valence-corrected chi connectivity index (χ1v) is 16.7. The maximum Gasteiger partial charge on any atom is 0.135 e. The average Bonchev–Trinajstić information content (AvgIpc) is 3.71. The Morgan fingerprint density at radius 1 is 0.429 bits per heavy atom. The van der Waals surface area contributed by atoms with E-state index in [-0.39, 0.29) is 0 Å². The Hall–Kier alpha value is -6.58. The topological polar surface area (TPSA) is 21.3 Å². The summed E-state index contributed by atoms with van der Waals surface area (Å²) in [7, 11) is 0. The van der Waals surface area contributed by atoms with E-state index in [1.165, 1.54) is 32.6 Å². The third kappa shape index (κ3) is 4.37. The Morgan fingerprint density at radius 2 is 1.10 bits per heavy atom. The van der Waals surface area contributed by atoms with Crippen LogP contribution in [0.1, 0.15) is 0 Å². The van der Waals surface area contributed by atoms with Crippen LogP contribution in [0.4, 0.5) is 17.1 Å². The molecule has 2 heterocycles. The van der Waals surface area contributed by atoms with Crippen molar-refractivity contribution in [3.63, 3.8) is 0 Å². The van der Waals surface area contributed by atoms with Gasteiger partial charge < -0.3 is 13.9 Å². The first-order valence-electron chi connectivity index (χ1n) is 16.7. The Bertz CT molecular complexity index is 2830. The Kier molecular flexibility index (Phi) is 6.18. The fraction of sp³-hybridized carbons (Fsp3) is 0. The van der Waals surface area contributed by atoms with E-state index in [1.807, 2.05) is 12.1 Å². The molecule has 3 heteroatoms. The molecule has 0 aliphatic rings. The number of hydrogen-bond donors (Lipinski definition) is 0. The molecule has 49 heavy (non-hydrogen) atoms. The number of para-hydroxylation sites is 3. The van der Waals surface area contributed by atoms with Gasteiger partial charge in [-0.25, -0.2) is 0 Å². The molecule has 0 N–H and O–H groups in total. The first-order chi connectivity index (χ1) is 24.3. The van der Waals surface area contributed by atoms with Crippen molar-refractivity contribution in [2.75, 3.05) is 4.90 Å². The zero-order chi connectivity index (χ0) is 32.3. The van der Waals surface area contributed by atoms with Gasteiger partial charge in [-0.1, -0.05) is 121 Å². The van der Waals surface area contributed by atoms with Gasteiger partial charge in [0.05, 0.1) is 16.7 Å². The summed E-state index contributed by atoms with van der Waals surface area (Å²) in [5.41, 5.74) is 10.8. The summed E-state index contributed by atoms with van der Waals surface area (Å²) >= 11 is 0. The van der Waals surface area contributed by atoms with E-state index in [9.17, 15) is 0 Å². The van der Waals surface area contributed by atoms with Crippen molar-refractivity contribution in [1.29, 1.82) is 0 Å². The molecule has 3 nitrogen and oxygen atoms in total. The minimum absolute atomic E-state index is 0.882. The fourth-order valence-corrected chi connectivity index (χ4v) is 7.58. The standard InChI is InChI=1S/C46H30N2O/c1-3-13-31(14-4-1)36-18-9-11-21-41(36)47(34-25-28-45-40(29-34)38-20-10-12-22-44(38)49-45)35-24-26-39-43(30-35)48(33-16-5-2-6-17-33)42-27-23-32-15-7-8-19-37(32)46(39)42/h1-30H. The summed E-state index contributed by atoms with van der Waals surface area (Å²) in [5.74, 6) is 0.